The average molecular weight is 524 g/mol. The molecular formula is C29H21N3O7. The number of ether oxygens (including phenoxy) is 1. The lowest BCUT2D eigenvalue weighted by atomic mass is 9.83. The van der Waals surface area contributed by atoms with E-state index in [1.54, 1.807) is 23.2 Å². The molecule has 3 aromatic carbocycles. The number of Topliss-reactive ketones (excluding diaryl/α,β-unsaturated/α-hetero) is 1. The van der Waals surface area contributed by atoms with Crippen LogP contribution in [0.4, 0.5) is 11.4 Å². The predicted octanol–water partition coefficient (Wildman–Crippen LogP) is 3.78. The molecular weight excluding hydrogens is 502 g/mol. The lowest BCUT2D eigenvalue weighted by molar-refractivity contribution is -0.384. The van der Waals surface area contributed by atoms with E-state index in [2.05, 4.69) is 0 Å². The van der Waals surface area contributed by atoms with Crippen LogP contribution in [-0.4, -0.2) is 46.5 Å². The molecule has 6 rings (SSSR count). The molecule has 3 heterocycles. The van der Waals surface area contributed by atoms with E-state index in [9.17, 15) is 29.3 Å². The summed E-state index contributed by atoms with van der Waals surface area (Å²) < 4.78 is 4.87. The fraction of sp³-hybridized carbons (Fsp3) is 0.172. The summed E-state index contributed by atoms with van der Waals surface area (Å²) in [5.74, 6) is -4.39. The maximum atomic E-state index is 14.1. The van der Waals surface area contributed by atoms with E-state index in [1.807, 2.05) is 30.3 Å². The van der Waals surface area contributed by atoms with Crippen molar-refractivity contribution in [3.8, 4) is 0 Å². The molecule has 2 amide bonds. The Bertz CT molecular complexity index is 1610. The van der Waals surface area contributed by atoms with Crippen molar-refractivity contribution in [1.82, 2.24) is 4.90 Å². The van der Waals surface area contributed by atoms with Crippen molar-refractivity contribution < 1.29 is 28.8 Å². The molecule has 4 atom stereocenters. The van der Waals surface area contributed by atoms with Crippen LogP contribution in [0.1, 0.15) is 37.9 Å². The van der Waals surface area contributed by atoms with Crippen LogP contribution in [0.3, 0.4) is 0 Å². The Kier molecular flexibility index (Phi) is 5.60. The van der Waals surface area contributed by atoms with Gasteiger partial charge in [-0.05, 0) is 29.3 Å². The number of esters is 1. The zero-order valence-corrected chi connectivity index (χ0v) is 20.6. The van der Waals surface area contributed by atoms with Crippen LogP contribution in [0, 0.1) is 22.0 Å². The van der Waals surface area contributed by atoms with Gasteiger partial charge in [0.15, 0.2) is 5.78 Å². The SMILES string of the molecule is COC(=O)c1ccccc1N1C(=O)C2C(C1=O)C1c3ccccc3C=CN1C2C(=O)c1cccc([N+](=O)[O-])c1. The van der Waals surface area contributed by atoms with Crippen molar-refractivity contribution in [2.45, 2.75) is 12.1 Å². The topological polar surface area (TPSA) is 127 Å². The number of fused-ring (bicyclic) bond motifs is 5. The fourth-order valence-electron chi connectivity index (χ4n) is 5.99. The Morgan fingerprint density at radius 2 is 1.64 bits per heavy atom. The molecule has 3 aromatic rings. The first-order valence-electron chi connectivity index (χ1n) is 12.2. The number of nitro groups is 1. The molecule has 39 heavy (non-hydrogen) atoms. The van der Waals surface area contributed by atoms with Crippen LogP contribution in [0.2, 0.25) is 0 Å². The lowest BCUT2D eigenvalue weighted by Crippen LogP contribution is -2.44. The molecule has 0 bridgehead atoms. The number of hydrogen-bond donors (Lipinski definition) is 0. The first kappa shape index (κ1) is 24.2. The summed E-state index contributed by atoms with van der Waals surface area (Å²) in [6.45, 7) is 0. The largest absolute Gasteiger partial charge is 0.465 e. The standard InChI is InChI=1S/C29H21N3O7/c1-39-29(36)20-11-4-5-12-21(20)31-27(34)22-23(28(31)35)25(26(33)17-8-6-9-18(15-17)32(37)38)30-14-13-16-7-2-3-10-19(16)24(22)30/h2-15,22-25H,1H3. The van der Waals surface area contributed by atoms with Crippen molar-refractivity contribution in [1.29, 1.82) is 0 Å². The lowest BCUT2D eigenvalue weighted by Gasteiger charge is -2.35. The van der Waals surface area contributed by atoms with Crippen LogP contribution in [0.5, 0.6) is 0 Å². The van der Waals surface area contributed by atoms with Gasteiger partial charge in [0.25, 0.3) is 5.69 Å². The second-order valence-corrected chi connectivity index (χ2v) is 9.53. The number of imide groups is 1. The summed E-state index contributed by atoms with van der Waals surface area (Å²) in [4.78, 5) is 68.1. The Hall–Kier alpha value is -5.12. The zero-order valence-electron chi connectivity index (χ0n) is 20.6. The molecule has 0 aliphatic carbocycles. The minimum absolute atomic E-state index is 0.0454. The van der Waals surface area contributed by atoms with Crippen LogP contribution >= 0.6 is 0 Å². The number of carbonyl (C=O) groups excluding carboxylic acids is 4. The van der Waals surface area contributed by atoms with E-state index in [0.717, 1.165) is 16.0 Å². The molecule has 194 valence electrons. The normalized spacial score (nSPS) is 22.8. The second kappa shape index (κ2) is 9.02. The molecule has 0 aromatic heterocycles. The highest BCUT2D eigenvalue weighted by Gasteiger charge is 2.64. The van der Waals surface area contributed by atoms with E-state index in [4.69, 9.17) is 4.74 Å². The highest BCUT2D eigenvalue weighted by molar-refractivity contribution is 6.26. The number of hydrogen-bond acceptors (Lipinski definition) is 8. The molecule has 2 fully saturated rings. The molecule has 2 saturated heterocycles. The summed E-state index contributed by atoms with van der Waals surface area (Å²) in [5, 5.41) is 11.4. The fourth-order valence-corrected chi connectivity index (χ4v) is 5.99. The van der Waals surface area contributed by atoms with Crippen molar-refractivity contribution in [3.63, 3.8) is 0 Å². The molecule has 4 unspecified atom stereocenters. The minimum Gasteiger partial charge on any atom is -0.465 e. The van der Waals surface area contributed by atoms with Gasteiger partial charge in [0.2, 0.25) is 11.8 Å². The Labute approximate surface area is 222 Å². The number of anilines is 1. The van der Waals surface area contributed by atoms with Crippen LogP contribution in [0.15, 0.2) is 79.0 Å². The monoisotopic (exact) mass is 523 g/mol. The number of amides is 2. The van der Waals surface area contributed by atoms with E-state index in [-0.39, 0.29) is 22.5 Å². The van der Waals surface area contributed by atoms with Crippen LogP contribution in [-0.2, 0) is 14.3 Å². The predicted molar refractivity (Wildman–Crippen MR) is 139 cm³/mol. The van der Waals surface area contributed by atoms with Gasteiger partial charge in [-0.15, -0.1) is 0 Å². The summed E-state index contributed by atoms with van der Waals surface area (Å²) in [5.41, 5.74) is 1.58. The quantitative estimate of drug-likeness (QED) is 0.163. The van der Waals surface area contributed by atoms with Crippen molar-refractivity contribution in [3.05, 3.63) is 111 Å². The molecule has 0 saturated carbocycles. The third kappa shape index (κ3) is 3.56. The average Bonchev–Trinajstić information content (AvgIpc) is 3.44. The van der Waals surface area contributed by atoms with E-state index in [0.29, 0.717) is 0 Å². The number of para-hydroxylation sites is 1. The van der Waals surface area contributed by atoms with Crippen molar-refractivity contribution in [2.24, 2.45) is 11.8 Å². The first-order valence-corrected chi connectivity index (χ1v) is 12.2. The van der Waals surface area contributed by atoms with Crippen LogP contribution < -0.4 is 4.90 Å². The molecule has 0 spiro atoms. The number of carbonyl (C=O) groups is 4. The highest BCUT2D eigenvalue weighted by Crippen LogP contribution is 2.54. The summed E-state index contributed by atoms with van der Waals surface area (Å²) in [6, 6.07) is 17.2. The third-order valence-electron chi connectivity index (χ3n) is 7.62. The molecule has 10 nitrogen and oxygen atoms in total. The molecule has 10 heteroatoms. The van der Waals surface area contributed by atoms with Gasteiger partial charge < -0.3 is 9.64 Å². The first-order chi connectivity index (χ1) is 18.8. The van der Waals surface area contributed by atoms with E-state index in [1.165, 1.54) is 43.5 Å². The Balaban J connectivity index is 1.51. The summed E-state index contributed by atoms with van der Waals surface area (Å²) in [7, 11) is 1.21. The third-order valence-corrected chi connectivity index (χ3v) is 7.62. The van der Waals surface area contributed by atoms with E-state index >= 15 is 0 Å². The van der Waals surface area contributed by atoms with Crippen molar-refractivity contribution in [2.75, 3.05) is 12.0 Å². The zero-order chi connectivity index (χ0) is 27.4. The van der Waals surface area contributed by atoms with E-state index < -0.39 is 52.4 Å². The van der Waals surface area contributed by atoms with Gasteiger partial charge in [0, 0.05) is 23.9 Å². The minimum atomic E-state index is -1.10. The van der Waals surface area contributed by atoms with Gasteiger partial charge in [0.05, 0.1) is 41.2 Å². The van der Waals surface area contributed by atoms with Gasteiger partial charge in [-0.3, -0.25) is 24.5 Å². The number of nitro benzene ring substituents is 1. The number of ketones is 1. The van der Waals surface area contributed by atoms with Crippen LogP contribution in [0.25, 0.3) is 6.08 Å². The van der Waals surface area contributed by atoms with Gasteiger partial charge in [-0.25, -0.2) is 9.69 Å². The number of methoxy groups -OCH3 is 1. The summed E-state index contributed by atoms with van der Waals surface area (Å²) >= 11 is 0. The maximum absolute atomic E-state index is 14.1. The number of non-ortho nitro benzene ring substituents is 1. The Morgan fingerprint density at radius 1 is 0.923 bits per heavy atom. The smallest absolute Gasteiger partial charge is 0.339 e. The second-order valence-electron chi connectivity index (χ2n) is 9.53. The van der Waals surface area contributed by atoms with Gasteiger partial charge >= 0.3 is 5.97 Å². The number of rotatable bonds is 5. The summed E-state index contributed by atoms with van der Waals surface area (Å²) in [6.07, 6.45) is 3.53. The van der Waals surface area contributed by atoms with Gasteiger partial charge in [0.1, 0.15) is 6.04 Å². The Morgan fingerprint density at radius 3 is 2.41 bits per heavy atom. The van der Waals surface area contributed by atoms with Gasteiger partial charge in [-0.1, -0.05) is 48.5 Å². The molecule has 3 aliphatic rings. The number of nitrogens with zero attached hydrogens (tertiary/aromatic N) is 3. The molecule has 0 radical (unpaired) electrons. The molecule has 0 N–H and O–H groups in total. The molecule has 3 aliphatic heterocycles. The van der Waals surface area contributed by atoms with Crippen molar-refractivity contribution >= 4 is 41.0 Å². The van der Waals surface area contributed by atoms with Gasteiger partial charge in [-0.2, -0.15) is 0 Å². The number of benzene rings is 3. The highest BCUT2D eigenvalue weighted by atomic mass is 16.6. The maximum Gasteiger partial charge on any atom is 0.339 e.